The van der Waals surface area contributed by atoms with Crippen LogP contribution in [0.5, 0.6) is 0 Å². The Bertz CT molecular complexity index is 417. The number of aromatic amines is 1. The molecule has 0 saturated heterocycles. The molecule has 2 heteroatoms. The smallest absolute Gasteiger partial charge is 0.0587 e. The maximum atomic E-state index is 7.32. The maximum Gasteiger partial charge on any atom is 0.0587 e. The molecule has 0 spiro atoms. The molecule has 1 aromatic heterocycles. The van der Waals surface area contributed by atoms with E-state index < -0.39 is 0 Å². The van der Waals surface area contributed by atoms with Gasteiger partial charge in [0.2, 0.25) is 0 Å². The minimum absolute atomic E-state index is 0.411. The van der Waals surface area contributed by atoms with Crippen LogP contribution >= 0.6 is 0 Å². The summed E-state index contributed by atoms with van der Waals surface area (Å²) in [6.07, 6.45) is 10.6. The van der Waals surface area contributed by atoms with Crippen molar-refractivity contribution < 1.29 is 0 Å². The van der Waals surface area contributed by atoms with Gasteiger partial charge in [0, 0.05) is 19.3 Å². The highest BCUT2D eigenvalue weighted by Gasteiger charge is 2.36. The third-order valence-corrected chi connectivity index (χ3v) is 5.89. The zero-order valence-corrected chi connectivity index (χ0v) is 15.8. The molecule has 22 heavy (non-hydrogen) atoms. The minimum atomic E-state index is 0.411. The Morgan fingerprint density at radius 2 is 1.59 bits per heavy atom. The molecule has 1 heterocycles. The summed E-state index contributed by atoms with van der Waals surface area (Å²) in [6, 6.07) is 4.03. The van der Waals surface area contributed by atoms with Crippen LogP contribution in [0, 0.1) is 22.2 Å². The molecule has 0 bridgehead atoms. The summed E-state index contributed by atoms with van der Waals surface area (Å²) in [5.74, 6) is 0.665. The topological polar surface area (TPSA) is 39.6 Å². The van der Waals surface area contributed by atoms with E-state index in [0.29, 0.717) is 16.7 Å². The van der Waals surface area contributed by atoms with E-state index in [4.69, 9.17) is 5.26 Å². The Kier molecular flexibility index (Phi) is 9.18. The lowest BCUT2D eigenvalue weighted by molar-refractivity contribution is 0.150. The van der Waals surface area contributed by atoms with Crippen LogP contribution in [0.4, 0.5) is 0 Å². The van der Waals surface area contributed by atoms with Crippen molar-refractivity contribution in [3.05, 3.63) is 24.0 Å². The Balaban J connectivity index is 0.00000135. The molecule has 0 radical (unpaired) electrons. The first-order valence-corrected chi connectivity index (χ1v) is 8.79. The first-order valence-electron chi connectivity index (χ1n) is 8.79. The molecule has 0 fully saturated rings. The van der Waals surface area contributed by atoms with Crippen LogP contribution in [0.15, 0.2) is 18.5 Å². The van der Waals surface area contributed by atoms with Crippen molar-refractivity contribution in [2.45, 2.75) is 86.5 Å². The van der Waals surface area contributed by atoms with Gasteiger partial charge in [0.1, 0.15) is 0 Å². The molecule has 0 saturated carbocycles. The summed E-state index contributed by atoms with van der Waals surface area (Å²) < 4.78 is 0. The third kappa shape index (κ3) is 5.52. The minimum Gasteiger partial charge on any atom is -0.367 e. The van der Waals surface area contributed by atoms with Crippen molar-refractivity contribution in [3.63, 3.8) is 0 Å². The van der Waals surface area contributed by atoms with Crippen LogP contribution in [0.1, 0.15) is 92.1 Å². The van der Waals surface area contributed by atoms with E-state index >= 15 is 0 Å². The Hall–Kier alpha value is -1.23. The molecule has 0 aliphatic carbocycles. The maximum absolute atomic E-state index is 7.32. The number of rotatable bonds is 8. The highest BCUT2D eigenvalue weighted by Crippen LogP contribution is 2.49. The fourth-order valence-corrected chi connectivity index (χ4v) is 3.09. The van der Waals surface area contributed by atoms with Gasteiger partial charge in [-0.25, -0.2) is 0 Å². The summed E-state index contributed by atoms with van der Waals surface area (Å²) in [7, 11) is 0. The number of H-pyrrole nitrogens is 1. The van der Waals surface area contributed by atoms with Gasteiger partial charge in [-0.3, -0.25) is 0 Å². The van der Waals surface area contributed by atoms with Gasteiger partial charge in [-0.05, 0) is 34.8 Å². The standard InChI is InChI=1S/C18H33N.C2H3N/c1-7-17(5,8-2)13-16(15-11-12-19-14-15)18(6,9-3)10-4;1-2-3/h11-12,14,16,19H,7-10,13H2,1-6H3;1H3. The van der Waals surface area contributed by atoms with Gasteiger partial charge in [-0.1, -0.05) is 67.2 Å². The Morgan fingerprint density at radius 1 is 1.09 bits per heavy atom. The molecule has 1 rings (SSSR count). The molecular weight excluding hydrogens is 268 g/mol. The first kappa shape index (κ1) is 20.8. The van der Waals surface area contributed by atoms with E-state index in [2.05, 4.69) is 65.0 Å². The number of nitrogens with one attached hydrogen (secondary N) is 1. The van der Waals surface area contributed by atoms with Gasteiger partial charge < -0.3 is 4.98 Å². The van der Waals surface area contributed by atoms with E-state index in [9.17, 15) is 0 Å². The molecule has 0 aliphatic heterocycles. The number of aromatic nitrogens is 1. The lowest BCUT2D eigenvalue weighted by Gasteiger charge is -2.41. The second-order valence-corrected chi connectivity index (χ2v) is 7.00. The van der Waals surface area contributed by atoms with Gasteiger partial charge in [0.05, 0.1) is 6.07 Å². The zero-order chi connectivity index (χ0) is 17.2. The lowest BCUT2D eigenvalue weighted by Crippen LogP contribution is -2.29. The van der Waals surface area contributed by atoms with Crippen molar-refractivity contribution in [3.8, 4) is 6.07 Å². The largest absolute Gasteiger partial charge is 0.367 e. The second kappa shape index (κ2) is 9.72. The average molecular weight is 305 g/mol. The first-order chi connectivity index (χ1) is 10.4. The summed E-state index contributed by atoms with van der Waals surface area (Å²) >= 11 is 0. The molecule has 0 aliphatic rings. The van der Waals surface area contributed by atoms with Gasteiger partial charge in [0.15, 0.2) is 0 Å². The van der Waals surface area contributed by atoms with E-state index in [0.717, 1.165) is 0 Å². The lowest BCUT2D eigenvalue weighted by atomic mass is 9.63. The van der Waals surface area contributed by atoms with E-state index in [1.165, 1.54) is 44.6 Å². The summed E-state index contributed by atoms with van der Waals surface area (Å²) in [5.41, 5.74) is 2.38. The molecule has 1 aromatic rings. The van der Waals surface area contributed by atoms with E-state index in [-0.39, 0.29) is 0 Å². The zero-order valence-electron chi connectivity index (χ0n) is 15.8. The van der Waals surface area contributed by atoms with Crippen LogP contribution < -0.4 is 0 Å². The molecule has 0 aromatic carbocycles. The van der Waals surface area contributed by atoms with E-state index in [1.807, 2.05) is 0 Å². The Morgan fingerprint density at radius 3 is 1.91 bits per heavy atom. The monoisotopic (exact) mass is 304 g/mol. The van der Waals surface area contributed by atoms with Crippen molar-refractivity contribution in [1.29, 1.82) is 5.26 Å². The average Bonchev–Trinajstić information content (AvgIpc) is 3.06. The normalized spacial score (nSPS) is 13.0. The SMILES string of the molecule is CC#N.CCC(C)(CC)CC(c1cc[nH]c1)C(C)(CC)CC. The van der Waals surface area contributed by atoms with Crippen LogP contribution in [0.3, 0.4) is 0 Å². The van der Waals surface area contributed by atoms with Gasteiger partial charge in [0.25, 0.3) is 0 Å². The van der Waals surface area contributed by atoms with Crippen LogP contribution in [-0.2, 0) is 0 Å². The predicted octanol–water partition coefficient (Wildman–Crippen LogP) is 6.67. The second-order valence-electron chi connectivity index (χ2n) is 7.00. The van der Waals surface area contributed by atoms with Crippen LogP contribution in [0.2, 0.25) is 0 Å². The van der Waals surface area contributed by atoms with Crippen molar-refractivity contribution >= 4 is 0 Å². The molecule has 0 amide bonds. The fraction of sp³-hybridized carbons (Fsp3) is 0.750. The summed E-state index contributed by atoms with van der Waals surface area (Å²) in [5, 5.41) is 7.32. The van der Waals surface area contributed by atoms with Crippen molar-refractivity contribution in [1.82, 2.24) is 4.98 Å². The fourth-order valence-electron chi connectivity index (χ4n) is 3.09. The van der Waals surface area contributed by atoms with Gasteiger partial charge in [-0.15, -0.1) is 0 Å². The number of nitriles is 1. The molecule has 2 nitrogen and oxygen atoms in total. The highest BCUT2D eigenvalue weighted by atomic mass is 14.6. The van der Waals surface area contributed by atoms with Crippen LogP contribution in [-0.4, -0.2) is 4.98 Å². The molecule has 1 atom stereocenters. The van der Waals surface area contributed by atoms with Gasteiger partial charge in [-0.2, -0.15) is 5.26 Å². The van der Waals surface area contributed by atoms with Gasteiger partial charge >= 0.3 is 0 Å². The van der Waals surface area contributed by atoms with Crippen LogP contribution in [0.25, 0.3) is 0 Å². The third-order valence-electron chi connectivity index (χ3n) is 5.89. The summed E-state index contributed by atoms with van der Waals surface area (Å²) in [4.78, 5) is 3.25. The van der Waals surface area contributed by atoms with E-state index in [1.54, 1.807) is 6.07 Å². The molecule has 126 valence electrons. The summed E-state index contributed by atoms with van der Waals surface area (Å²) in [6.45, 7) is 15.7. The van der Waals surface area contributed by atoms with Crippen molar-refractivity contribution in [2.24, 2.45) is 10.8 Å². The molecule has 1 N–H and O–H groups in total. The number of nitrogens with zero attached hydrogens (tertiary/aromatic N) is 1. The number of hydrogen-bond donors (Lipinski definition) is 1. The quantitative estimate of drug-likeness (QED) is 0.572. The Labute approximate surface area is 138 Å². The highest BCUT2D eigenvalue weighted by molar-refractivity contribution is 5.19. The number of hydrogen-bond acceptors (Lipinski definition) is 1. The van der Waals surface area contributed by atoms with Crippen molar-refractivity contribution in [2.75, 3.05) is 0 Å². The molecular formula is C20H36N2. The predicted molar refractivity (Wildman–Crippen MR) is 96.8 cm³/mol. The molecule has 1 unspecified atom stereocenters.